The summed E-state index contributed by atoms with van der Waals surface area (Å²) >= 11 is 0. The van der Waals surface area contributed by atoms with Gasteiger partial charge in [-0.3, -0.25) is 4.79 Å². The summed E-state index contributed by atoms with van der Waals surface area (Å²) in [4.78, 5) is 26.7. The van der Waals surface area contributed by atoms with Crippen molar-refractivity contribution in [2.45, 2.75) is 20.4 Å². The van der Waals surface area contributed by atoms with Gasteiger partial charge in [-0.1, -0.05) is 60.2 Å². The number of nitrogens with zero attached hydrogens (tertiary/aromatic N) is 5. The topological polar surface area (TPSA) is 90.2 Å². The maximum Gasteiger partial charge on any atom is 0.357 e. The van der Waals surface area contributed by atoms with Gasteiger partial charge in [-0.05, 0) is 41.5 Å². The number of carbonyl (C=O) groups excluding carboxylic acids is 2. The lowest BCUT2D eigenvalue weighted by molar-refractivity contribution is -0.147. The molecule has 8 nitrogen and oxygen atoms in total. The molecule has 0 unspecified atom stereocenters. The molecule has 0 fully saturated rings. The number of aromatic nitrogens is 4. The third-order valence-corrected chi connectivity index (χ3v) is 4.46. The number of ether oxygens (including phenoxy) is 1. The first-order valence-corrected chi connectivity index (χ1v) is 9.43. The molecule has 0 saturated heterocycles. The third-order valence-electron chi connectivity index (χ3n) is 4.46. The van der Waals surface area contributed by atoms with Crippen LogP contribution in [-0.2, 0) is 20.9 Å². The van der Waals surface area contributed by atoms with E-state index in [1.165, 1.54) is 9.58 Å². The molecule has 0 aliphatic heterocycles. The number of likely N-dealkylation sites (N-methyl/N-ethyl adjacent to an activating group) is 1. The van der Waals surface area contributed by atoms with Gasteiger partial charge in [0.25, 0.3) is 5.91 Å². The molecule has 0 atom stereocenters. The number of aryl methyl sites for hydroxylation is 2. The number of carbonyl (C=O) groups is 2. The van der Waals surface area contributed by atoms with Crippen LogP contribution in [0.15, 0.2) is 54.6 Å². The van der Waals surface area contributed by atoms with Gasteiger partial charge in [-0.25, -0.2) is 4.79 Å². The summed E-state index contributed by atoms with van der Waals surface area (Å²) in [6, 6.07) is 17.2. The van der Waals surface area contributed by atoms with Crippen molar-refractivity contribution in [3.8, 4) is 0 Å². The van der Waals surface area contributed by atoms with Crippen LogP contribution < -0.4 is 0 Å². The molecule has 154 valence electrons. The highest BCUT2D eigenvalue weighted by Gasteiger charge is 2.20. The molecule has 3 aromatic rings. The maximum atomic E-state index is 12.7. The molecule has 1 heterocycles. The molecule has 1 amide bonds. The van der Waals surface area contributed by atoms with Crippen molar-refractivity contribution in [3.63, 3.8) is 0 Å². The van der Waals surface area contributed by atoms with Gasteiger partial charge in [-0.2, -0.15) is 4.68 Å². The van der Waals surface area contributed by atoms with Gasteiger partial charge < -0.3 is 9.64 Å². The molecule has 0 spiro atoms. The van der Waals surface area contributed by atoms with Crippen molar-refractivity contribution in [1.29, 1.82) is 0 Å². The molecule has 8 heteroatoms. The third kappa shape index (κ3) is 5.38. The Hall–Kier alpha value is -3.81. The summed E-state index contributed by atoms with van der Waals surface area (Å²) in [5.41, 5.74) is 3.05. The van der Waals surface area contributed by atoms with Crippen LogP contribution in [0.25, 0.3) is 11.8 Å². The molecule has 1 aromatic heterocycles. The zero-order valence-corrected chi connectivity index (χ0v) is 17.1. The highest BCUT2D eigenvalue weighted by Crippen LogP contribution is 2.14. The fourth-order valence-corrected chi connectivity index (χ4v) is 2.73. The number of hydrogen-bond donors (Lipinski definition) is 0. The minimum absolute atomic E-state index is 0.123. The van der Waals surface area contributed by atoms with Crippen LogP contribution in [0, 0.1) is 13.8 Å². The molecule has 2 aromatic carbocycles. The van der Waals surface area contributed by atoms with Gasteiger partial charge in [-0.15, -0.1) is 5.10 Å². The molecule has 3 rings (SSSR count). The summed E-state index contributed by atoms with van der Waals surface area (Å²) < 4.78 is 6.57. The van der Waals surface area contributed by atoms with Crippen LogP contribution in [-0.4, -0.2) is 50.6 Å². The average molecular weight is 405 g/mol. The minimum atomic E-state index is -0.689. The van der Waals surface area contributed by atoms with E-state index < -0.39 is 5.97 Å². The summed E-state index contributed by atoms with van der Waals surface area (Å²) in [6.45, 7) is 3.72. The number of hydrogen-bond acceptors (Lipinski definition) is 6. The van der Waals surface area contributed by atoms with E-state index in [-0.39, 0.29) is 18.2 Å². The number of tetrazole rings is 1. The van der Waals surface area contributed by atoms with E-state index in [1.807, 2.05) is 61.5 Å². The van der Waals surface area contributed by atoms with Crippen LogP contribution in [0.4, 0.5) is 0 Å². The summed E-state index contributed by atoms with van der Waals surface area (Å²) in [5, 5.41) is 11.2. The normalized spacial score (nSPS) is 11.2. The fourth-order valence-electron chi connectivity index (χ4n) is 2.73. The first kappa shape index (κ1) is 20.9. The maximum absolute atomic E-state index is 12.7. The Bertz CT molecular complexity index is 1040. The van der Waals surface area contributed by atoms with Gasteiger partial charge in [0, 0.05) is 13.6 Å². The van der Waals surface area contributed by atoms with Crippen LogP contribution in [0.3, 0.4) is 0 Å². The monoisotopic (exact) mass is 405 g/mol. The first-order valence-electron chi connectivity index (χ1n) is 9.43. The van der Waals surface area contributed by atoms with E-state index in [0.29, 0.717) is 12.4 Å². The van der Waals surface area contributed by atoms with Crippen LogP contribution in [0.2, 0.25) is 0 Å². The highest BCUT2D eigenvalue weighted by atomic mass is 16.5. The van der Waals surface area contributed by atoms with Crippen LogP contribution >= 0.6 is 0 Å². The molecule has 0 bridgehead atoms. The Morgan fingerprint density at radius 2 is 1.77 bits per heavy atom. The number of amides is 1. The molecule has 0 aliphatic carbocycles. The van der Waals surface area contributed by atoms with Crippen molar-refractivity contribution in [2.24, 2.45) is 0 Å². The lowest BCUT2D eigenvalue weighted by atomic mass is 10.1. The van der Waals surface area contributed by atoms with E-state index in [2.05, 4.69) is 15.5 Å². The Morgan fingerprint density at radius 1 is 1.07 bits per heavy atom. The molecular weight excluding hydrogens is 382 g/mol. The summed E-state index contributed by atoms with van der Waals surface area (Å²) in [7, 11) is 1.67. The van der Waals surface area contributed by atoms with Crippen molar-refractivity contribution in [1.82, 2.24) is 25.1 Å². The number of rotatable bonds is 7. The lowest BCUT2D eigenvalue weighted by Crippen LogP contribution is -2.31. The smallest absolute Gasteiger partial charge is 0.357 e. The average Bonchev–Trinajstić information content (AvgIpc) is 3.17. The van der Waals surface area contributed by atoms with E-state index in [1.54, 1.807) is 20.0 Å². The van der Waals surface area contributed by atoms with Crippen molar-refractivity contribution >= 4 is 23.6 Å². The Kier molecular flexibility index (Phi) is 6.69. The second-order valence-corrected chi connectivity index (χ2v) is 6.89. The van der Waals surface area contributed by atoms with Gasteiger partial charge in [0.05, 0.1) is 0 Å². The van der Waals surface area contributed by atoms with Gasteiger partial charge in [0.2, 0.25) is 0 Å². The van der Waals surface area contributed by atoms with E-state index in [0.717, 1.165) is 16.7 Å². The molecular formula is C22H23N5O3. The summed E-state index contributed by atoms with van der Waals surface area (Å²) in [5.74, 6) is -0.570. The standard InChI is InChI=1S/C22H23N5O3/c1-16-9-11-19(12-10-16)14-26(3)21(28)15-30-22(29)20(27-17(2)23-24-25-27)13-18-7-5-4-6-8-18/h4-13H,14-15H2,1-3H3/b20-13-. The SMILES string of the molecule is Cc1ccc(CN(C)C(=O)COC(=O)/C(=C/c2ccccc2)n2nnnc2C)cc1. The molecule has 0 radical (unpaired) electrons. The largest absolute Gasteiger partial charge is 0.451 e. The van der Waals surface area contributed by atoms with Crippen molar-refractivity contribution < 1.29 is 14.3 Å². The van der Waals surface area contributed by atoms with Gasteiger partial charge >= 0.3 is 5.97 Å². The zero-order chi connectivity index (χ0) is 21.5. The van der Waals surface area contributed by atoms with Crippen molar-refractivity contribution in [3.05, 3.63) is 77.1 Å². The van der Waals surface area contributed by atoms with Crippen LogP contribution in [0.1, 0.15) is 22.5 Å². The summed E-state index contributed by atoms with van der Waals surface area (Å²) in [6.07, 6.45) is 1.62. The quantitative estimate of drug-likeness (QED) is 0.443. The van der Waals surface area contributed by atoms with E-state index in [9.17, 15) is 9.59 Å². The van der Waals surface area contributed by atoms with Gasteiger partial charge in [0.1, 0.15) is 0 Å². The highest BCUT2D eigenvalue weighted by molar-refractivity contribution is 6.15. The van der Waals surface area contributed by atoms with E-state index in [4.69, 9.17) is 4.74 Å². The Balaban J connectivity index is 1.68. The Morgan fingerprint density at radius 3 is 2.40 bits per heavy atom. The van der Waals surface area contributed by atoms with Crippen LogP contribution in [0.5, 0.6) is 0 Å². The number of benzene rings is 2. The molecule has 0 saturated carbocycles. The lowest BCUT2D eigenvalue weighted by Gasteiger charge is -2.17. The van der Waals surface area contributed by atoms with Gasteiger partial charge in [0.15, 0.2) is 18.1 Å². The second-order valence-electron chi connectivity index (χ2n) is 6.89. The fraction of sp³-hybridized carbons (Fsp3) is 0.227. The molecule has 0 N–H and O–H groups in total. The molecule has 0 aliphatic rings. The first-order chi connectivity index (χ1) is 14.4. The number of esters is 1. The predicted octanol–water partition coefficient (Wildman–Crippen LogP) is 2.49. The van der Waals surface area contributed by atoms with E-state index >= 15 is 0 Å². The Labute approximate surface area is 174 Å². The van der Waals surface area contributed by atoms with Crippen molar-refractivity contribution in [2.75, 3.05) is 13.7 Å². The predicted molar refractivity (Wildman–Crippen MR) is 112 cm³/mol. The minimum Gasteiger partial charge on any atom is -0.451 e. The second kappa shape index (κ2) is 9.60. The zero-order valence-electron chi connectivity index (χ0n) is 17.1. The molecule has 30 heavy (non-hydrogen) atoms.